The normalized spacial score (nSPS) is 11.4. The van der Waals surface area contributed by atoms with E-state index in [1.54, 1.807) is 18.2 Å². The molecule has 0 N–H and O–H groups in total. The molecule has 0 amide bonds. The third kappa shape index (κ3) is 12.2. The summed E-state index contributed by atoms with van der Waals surface area (Å²) >= 11 is 12.1. The fourth-order valence-corrected chi connectivity index (χ4v) is 4.44. The van der Waals surface area contributed by atoms with E-state index in [1.807, 2.05) is 12.1 Å². The molecule has 0 saturated heterocycles. The van der Waals surface area contributed by atoms with Crippen molar-refractivity contribution in [3.05, 3.63) is 52.5 Å². The molecular weight excluding hydrogens is 461 g/mol. The van der Waals surface area contributed by atoms with Crippen LogP contribution in [-0.4, -0.2) is 13.6 Å². The lowest BCUT2D eigenvalue weighted by Crippen LogP contribution is -2.18. The third-order valence-electron chi connectivity index (χ3n) is 6.32. The number of benzene rings is 2. The van der Waals surface area contributed by atoms with Gasteiger partial charge in [0.15, 0.2) is 0 Å². The summed E-state index contributed by atoms with van der Waals surface area (Å²) in [6, 6.07) is 13.3. The zero-order valence-corrected chi connectivity index (χ0v) is 22.8. The molecule has 188 valence electrons. The molecule has 0 aliphatic heterocycles. The van der Waals surface area contributed by atoms with Crippen LogP contribution in [0.4, 0.5) is 17.1 Å². The van der Waals surface area contributed by atoms with Gasteiger partial charge in [-0.1, -0.05) is 114 Å². The van der Waals surface area contributed by atoms with Crippen LogP contribution in [0, 0.1) is 0 Å². The van der Waals surface area contributed by atoms with Crippen LogP contribution in [0.15, 0.2) is 52.7 Å². The van der Waals surface area contributed by atoms with E-state index in [-0.39, 0.29) is 0 Å². The summed E-state index contributed by atoms with van der Waals surface area (Å²) < 4.78 is 0. The monoisotopic (exact) mass is 503 g/mol. The highest BCUT2D eigenvalue weighted by Crippen LogP contribution is 2.30. The van der Waals surface area contributed by atoms with Gasteiger partial charge in [0.1, 0.15) is 5.69 Å². The van der Waals surface area contributed by atoms with Gasteiger partial charge in [-0.15, -0.1) is 5.11 Å². The summed E-state index contributed by atoms with van der Waals surface area (Å²) in [5.74, 6) is 0. The number of hydrogen-bond acceptors (Lipinski definition) is 3. The number of halogens is 2. The standard InChI is InChI=1S/C29H43Cl2N3/c1-3-4-5-6-7-8-9-10-11-12-13-14-15-16-23-34(2)27-20-18-26(19-21-27)32-33-29-24-25(30)17-22-28(29)31/h17-22,24H,3-16,23H2,1-2H3. The van der Waals surface area contributed by atoms with Crippen molar-refractivity contribution < 1.29 is 0 Å². The van der Waals surface area contributed by atoms with Gasteiger partial charge in [0, 0.05) is 24.3 Å². The molecule has 0 fully saturated rings. The minimum Gasteiger partial charge on any atom is -0.375 e. The van der Waals surface area contributed by atoms with Gasteiger partial charge in [-0.25, -0.2) is 0 Å². The molecular formula is C29H43Cl2N3. The largest absolute Gasteiger partial charge is 0.375 e. The summed E-state index contributed by atoms with van der Waals surface area (Å²) in [5.41, 5.74) is 2.58. The van der Waals surface area contributed by atoms with Crippen molar-refractivity contribution >= 4 is 40.3 Å². The summed E-state index contributed by atoms with van der Waals surface area (Å²) in [4.78, 5) is 2.31. The molecule has 0 aromatic heterocycles. The maximum Gasteiger partial charge on any atom is 0.106 e. The molecule has 0 atom stereocenters. The molecule has 0 aliphatic rings. The molecule has 0 saturated carbocycles. The van der Waals surface area contributed by atoms with Crippen LogP contribution in [0.5, 0.6) is 0 Å². The highest BCUT2D eigenvalue weighted by Gasteiger charge is 2.03. The van der Waals surface area contributed by atoms with Crippen molar-refractivity contribution in [1.82, 2.24) is 0 Å². The van der Waals surface area contributed by atoms with E-state index >= 15 is 0 Å². The van der Waals surface area contributed by atoms with Crippen LogP contribution < -0.4 is 4.90 Å². The van der Waals surface area contributed by atoms with Crippen LogP contribution in [0.25, 0.3) is 0 Å². The topological polar surface area (TPSA) is 28.0 Å². The first-order valence-corrected chi connectivity index (χ1v) is 14.0. The summed E-state index contributed by atoms with van der Waals surface area (Å²) in [7, 11) is 2.16. The third-order valence-corrected chi connectivity index (χ3v) is 6.87. The van der Waals surface area contributed by atoms with E-state index in [2.05, 4.69) is 41.2 Å². The number of nitrogens with zero attached hydrogens (tertiary/aromatic N) is 3. The molecule has 3 nitrogen and oxygen atoms in total. The molecule has 34 heavy (non-hydrogen) atoms. The summed E-state index contributed by atoms with van der Waals surface area (Å²) in [6.45, 7) is 3.37. The van der Waals surface area contributed by atoms with E-state index in [4.69, 9.17) is 23.2 Å². The molecule has 0 radical (unpaired) electrons. The number of anilines is 1. The minimum absolute atomic E-state index is 0.540. The first kappa shape index (κ1) is 28.7. The number of rotatable bonds is 18. The Morgan fingerprint density at radius 3 is 1.74 bits per heavy atom. The molecule has 0 bridgehead atoms. The first-order valence-electron chi connectivity index (χ1n) is 13.3. The Hall–Kier alpha value is -1.58. The quantitative estimate of drug-likeness (QED) is 0.147. The van der Waals surface area contributed by atoms with Gasteiger partial charge in [-0.3, -0.25) is 0 Å². The zero-order chi connectivity index (χ0) is 24.4. The predicted molar refractivity (Wildman–Crippen MR) is 151 cm³/mol. The van der Waals surface area contributed by atoms with Crippen LogP contribution >= 0.6 is 23.2 Å². The second-order valence-corrected chi connectivity index (χ2v) is 10.2. The Kier molecular flexibility index (Phi) is 15.0. The molecule has 2 rings (SSSR count). The van der Waals surface area contributed by atoms with Gasteiger partial charge in [-0.05, 0) is 48.9 Å². The molecule has 5 heteroatoms. The Morgan fingerprint density at radius 2 is 1.18 bits per heavy atom. The second kappa shape index (κ2) is 17.8. The average Bonchev–Trinajstić information content (AvgIpc) is 2.85. The van der Waals surface area contributed by atoms with Gasteiger partial charge in [-0.2, -0.15) is 5.11 Å². The Labute approximate surface area is 218 Å². The van der Waals surface area contributed by atoms with Crippen molar-refractivity contribution in [2.24, 2.45) is 10.2 Å². The maximum atomic E-state index is 6.14. The van der Waals surface area contributed by atoms with Crippen LogP contribution in [0.1, 0.15) is 96.8 Å². The predicted octanol–water partition coefficient (Wildman–Crippen LogP) is 11.3. The van der Waals surface area contributed by atoms with Crippen molar-refractivity contribution in [3.63, 3.8) is 0 Å². The van der Waals surface area contributed by atoms with Crippen LogP contribution in [0.3, 0.4) is 0 Å². The van der Waals surface area contributed by atoms with Gasteiger partial charge in [0.05, 0.1) is 10.7 Å². The summed E-state index contributed by atoms with van der Waals surface area (Å²) in [5, 5.41) is 9.65. The summed E-state index contributed by atoms with van der Waals surface area (Å²) in [6.07, 6.45) is 19.5. The molecule has 0 aliphatic carbocycles. The lowest BCUT2D eigenvalue weighted by molar-refractivity contribution is 0.535. The van der Waals surface area contributed by atoms with E-state index in [1.165, 1.54) is 95.6 Å². The van der Waals surface area contributed by atoms with Crippen molar-refractivity contribution in [2.45, 2.75) is 96.8 Å². The zero-order valence-electron chi connectivity index (χ0n) is 21.2. The second-order valence-electron chi connectivity index (χ2n) is 9.33. The molecule has 2 aromatic rings. The molecule has 2 aromatic carbocycles. The van der Waals surface area contributed by atoms with Crippen molar-refractivity contribution in [3.8, 4) is 0 Å². The van der Waals surface area contributed by atoms with Crippen LogP contribution in [0.2, 0.25) is 10.0 Å². The van der Waals surface area contributed by atoms with E-state index in [0.717, 1.165) is 12.2 Å². The highest BCUT2D eigenvalue weighted by atomic mass is 35.5. The van der Waals surface area contributed by atoms with E-state index in [0.29, 0.717) is 15.7 Å². The maximum absolute atomic E-state index is 6.14. The van der Waals surface area contributed by atoms with E-state index in [9.17, 15) is 0 Å². The van der Waals surface area contributed by atoms with Crippen molar-refractivity contribution in [1.29, 1.82) is 0 Å². The lowest BCUT2D eigenvalue weighted by Gasteiger charge is -2.19. The fourth-order valence-electron chi connectivity index (χ4n) is 4.12. The molecule has 0 spiro atoms. The number of unbranched alkanes of at least 4 members (excludes halogenated alkanes) is 13. The number of azo groups is 1. The van der Waals surface area contributed by atoms with Crippen LogP contribution in [-0.2, 0) is 0 Å². The molecule has 0 heterocycles. The van der Waals surface area contributed by atoms with Crippen molar-refractivity contribution in [2.75, 3.05) is 18.5 Å². The van der Waals surface area contributed by atoms with Gasteiger partial charge < -0.3 is 4.90 Å². The van der Waals surface area contributed by atoms with Gasteiger partial charge in [0.2, 0.25) is 0 Å². The number of hydrogen-bond donors (Lipinski definition) is 0. The minimum atomic E-state index is 0.540. The first-order chi connectivity index (χ1) is 16.6. The lowest BCUT2D eigenvalue weighted by atomic mass is 10.0. The fraction of sp³-hybridized carbons (Fsp3) is 0.586. The van der Waals surface area contributed by atoms with E-state index < -0.39 is 0 Å². The van der Waals surface area contributed by atoms with Gasteiger partial charge in [0.25, 0.3) is 0 Å². The Morgan fingerprint density at radius 1 is 0.647 bits per heavy atom. The highest BCUT2D eigenvalue weighted by molar-refractivity contribution is 6.35. The van der Waals surface area contributed by atoms with Gasteiger partial charge >= 0.3 is 0 Å². The Bertz CT molecular complexity index is 821. The Balaban J connectivity index is 1.53. The average molecular weight is 505 g/mol. The SMILES string of the molecule is CCCCCCCCCCCCCCCCN(C)c1ccc(N=Nc2cc(Cl)ccc2Cl)cc1. The smallest absolute Gasteiger partial charge is 0.106 e. The molecule has 0 unspecified atom stereocenters.